The van der Waals surface area contributed by atoms with Crippen LogP contribution in [0, 0.1) is 5.53 Å². The van der Waals surface area contributed by atoms with Crippen LogP contribution in [0.3, 0.4) is 0 Å². The smallest absolute Gasteiger partial charge is 0.346 e. The third-order valence-electron chi connectivity index (χ3n) is 0.543. The van der Waals surface area contributed by atoms with Gasteiger partial charge in [0, 0.05) is 0 Å². The molecule has 0 atom stereocenters. The summed E-state index contributed by atoms with van der Waals surface area (Å²) in [6, 6.07) is 0. The van der Waals surface area contributed by atoms with Gasteiger partial charge in [-0.15, -0.1) is 0 Å². The molecule has 0 amide bonds. The van der Waals surface area contributed by atoms with Crippen molar-refractivity contribution in [2.24, 2.45) is 10.1 Å². The Hall–Kier alpha value is -1.26. The molecule has 0 unspecified atom stereocenters. The van der Waals surface area contributed by atoms with Crippen molar-refractivity contribution in [2.75, 3.05) is 13.1 Å². The average Bonchev–Trinajstić information content (AvgIpc) is 1.80. The summed E-state index contributed by atoms with van der Waals surface area (Å²) in [6.07, 6.45) is 0.797. The molecule has 5 heteroatoms. The maximum absolute atomic E-state index is 9.74. The first-order valence-electron chi connectivity index (χ1n) is 2.33. The van der Waals surface area contributed by atoms with Crippen LogP contribution in [0.1, 0.15) is 0 Å². The predicted molar refractivity (Wildman–Crippen MR) is 31.0 cm³/mol. The number of hydrogen-bond acceptors (Lipinski definition) is 4. The molecule has 2 N–H and O–H groups in total. The minimum Gasteiger partial charge on any atom is -0.477 e. The third-order valence-corrected chi connectivity index (χ3v) is 0.543. The number of hydrogen-bond donors (Lipinski definition) is 2. The van der Waals surface area contributed by atoms with Crippen LogP contribution in [0.15, 0.2) is 10.1 Å². The topological polar surface area (TPSA) is 85.9 Å². The maximum Gasteiger partial charge on any atom is 0.346 e. The molecule has 0 rings (SSSR count). The van der Waals surface area contributed by atoms with Gasteiger partial charge >= 0.3 is 5.97 Å². The first kappa shape index (κ1) is 7.74. The van der Waals surface area contributed by atoms with Gasteiger partial charge in [-0.05, 0) is 0 Å². The second-order valence-corrected chi connectivity index (χ2v) is 1.26. The van der Waals surface area contributed by atoms with Gasteiger partial charge in [0.1, 0.15) is 6.21 Å². The second kappa shape index (κ2) is 4.89. The molecular formula is C4H7N3O2. The molecule has 0 aromatic carbocycles. The first-order valence-corrected chi connectivity index (χ1v) is 2.33. The Morgan fingerprint density at radius 2 is 2.33 bits per heavy atom. The van der Waals surface area contributed by atoms with Crippen LogP contribution < -0.4 is 0 Å². The summed E-state index contributed by atoms with van der Waals surface area (Å²) < 4.78 is 0. The van der Waals surface area contributed by atoms with Crippen LogP contribution in [-0.4, -0.2) is 30.4 Å². The lowest BCUT2D eigenvalue weighted by Gasteiger charge is -1.81. The summed E-state index contributed by atoms with van der Waals surface area (Å²) in [7, 11) is 0. The predicted octanol–water partition coefficient (Wildman–Crippen LogP) is 0.173. The lowest BCUT2D eigenvalue weighted by molar-refractivity contribution is -0.128. The molecule has 0 aliphatic heterocycles. The van der Waals surface area contributed by atoms with Crippen molar-refractivity contribution in [3.63, 3.8) is 0 Å². The summed E-state index contributed by atoms with van der Waals surface area (Å²) in [5.74, 6) is -1.07. The molecule has 9 heavy (non-hydrogen) atoms. The Morgan fingerprint density at radius 3 is 2.78 bits per heavy atom. The molecule has 0 fully saturated rings. The highest BCUT2D eigenvalue weighted by Gasteiger charge is 1.83. The fourth-order valence-electron chi connectivity index (χ4n) is 0.250. The van der Waals surface area contributed by atoms with Gasteiger partial charge in [-0.25, -0.2) is 10.3 Å². The number of nitrogens with zero attached hydrogens (tertiary/aromatic N) is 2. The van der Waals surface area contributed by atoms with Gasteiger partial charge in [-0.3, -0.25) is 4.99 Å². The van der Waals surface area contributed by atoms with Crippen molar-refractivity contribution in [2.45, 2.75) is 0 Å². The first-order chi connectivity index (χ1) is 4.27. The molecule has 0 aromatic rings. The van der Waals surface area contributed by atoms with Gasteiger partial charge in [-0.2, -0.15) is 5.11 Å². The Bertz CT molecular complexity index is 132. The highest BCUT2D eigenvalue weighted by molar-refractivity contribution is 6.21. The van der Waals surface area contributed by atoms with Crippen LogP contribution in [0.4, 0.5) is 0 Å². The van der Waals surface area contributed by atoms with Crippen molar-refractivity contribution in [3.8, 4) is 0 Å². The molecule has 0 aliphatic carbocycles. The summed E-state index contributed by atoms with van der Waals surface area (Å²) in [6.45, 7) is 0.527. The van der Waals surface area contributed by atoms with Crippen LogP contribution in [0.5, 0.6) is 0 Å². The van der Waals surface area contributed by atoms with E-state index >= 15 is 0 Å². The van der Waals surface area contributed by atoms with Gasteiger partial charge in [0.25, 0.3) is 0 Å². The largest absolute Gasteiger partial charge is 0.477 e. The molecule has 0 saturated carbocycles. The lowest BCUT2D eigenvalue weighted by Crippen LogP contribution is -1.96. The van der Waals surface area contributed by atoms with E-state index in [1.165, 1.54) is 0 Å². The Morgan fingerprint density at radius 1 is 1.67 bits per heavy atom. The molecule has 0 saturated heterocycles. The minimum atomic E-state index is -1.07. The van der Waals surface area contributed by atoms with E-state index in [0.717, 1.165) is 6.21 Å². The van der Waals surface area contributed by atoms with E-state index in [1.807, 2.05) is 0 Å². The van der Waals surface area contributed by atoms with E-state index in [9.17, 15) is 4.79 Å². The zero-order chi connectivity index (χ0) is 7.11. The molecular weight excluding hydrogens is 122 g/mol. The lowest BCUT2D eigenvalue weighted by atomic mass is 10.6. The highest BCUT2D eigenvalue weighted by Crippen LogP contribution is 1.69. The summed E-state index contributed by atoms with van der Waals surface area (Å²) in [5.41, 5.74) is 6.29. The van der Waals surface area contributed by atoms with Crippen LogP contribution in [0.25, 0.3) is 0 Å². The number of rotatable bonds is 4. The Balaban J connectivity index is 3.24. The van der Waals surface area contributed by atoms with Crippen molar-refractivity contribution in [1.29, 1.82) is 5.53 Å². The molecule has 0 spiro atoms. The van der Waals surface area contributed by atoms with Gasteiger partial charge in [-0.1, -0.05) is 0 Å². The summed E-state index contributed by atoms with van der Waals surface area (Å²) in [4.78, 5) is 13.2. The van der Waals surface area contributed by atoms with Gasteiger partial charge < -0.3 is 5.11 Å². The fourth-order valence-corrected chi connectivity index (χ4v) is 0.250. The van der Waals surface area contributed by atoms with E-state index in [2.05, 4.69) is 10.1 Å². The van der Waals surface area contributed by atoms with Crippen molar-refractivity contribution in [1.82, 2.24) is 0 Å². The molecule has 0 heterocycles. The number of carboxylic acid groups (broad SMARTS) is 1. The van der Waals surface area contributed by atoms with Crippen LogP contribution in [0.2, 0.25) is 0 Å². The van der Waals surface area contributed by atoms with Crippen LogP contribution >= 0.6 is 0 Å². The van der Waals surface area contributed by atoms with E-state index in [0.29, 0.717) is 0 Å². The van der Waals surface area contributed by atoms with Crippen LogP contribution in [-0.2, 0) is 4.79 Å². The number of carbonyl (C=O) groups is 1. The SMILES string of the molecule is N=NCCN=CC(=O)O. The molecule has 0 aliphatic rings. The van der Waals surface area contributed by atoms with Crippen molar-refractivity contribution < 1.29 is 9.90 Å². The Labute approximate surface area is 51.9 Å². The van der Waals surface area contributed by atoms with Gasteiger partial charge in [0.05, 0.1) is 13.1 Å². The maximum atomic E-state index is 9.74. The van der Waals surface area contributed by atoms with Gasteiger partial charge in [0.2, 0.25) is 0 Å². The molecule has 0 aromatic heterocycles. The monoisotopic (exact) mass is 129 g/mol. The molecule has 5 nitrogen and oxygen atoms in total. The summed E-state index contributed by atoms with van der Waals surface area (Å²) in [5, 5.41) is 11.0. The third kappa shape index (κ3) is 6.74. The Kier molecular flexibility index (Phi) is 4.20. The molecule has 50 valence electrons. The minimum absolute atomic E-state index is 0.254. The van der Waals surface area contributed by atoms with E-state index in [1.54, 1.807) is 0 Å². The number of carboxylic acids is 1. The number of nitrogens with one attached hydrogen (secondary N) is 1. The summed E-state index contributed by atoms with van der Waals surface area (Å²) >= 11 is 0. The second-order valence-electron chi connectivity index (χ2n) is 1.26. The molecule has 0 radical (unpaired) electrons. The number of aliphatic imine (C=N–C) groups is 1. The normalized spacial score (nSPS) is 9.78. The van der Waals surface area contributed by atoms with Crippen molar-refractivity contribution >= 4 is 12.2 Å². The van der Waals surface area contributed by atoms with E-state index in [4.69, 9.17) is 10.6 Å². The zero-order valence-corrected chi connectivity index (χ0v) is 4.74. The van der Waals surface area contributed by atoms with E-state index < -0.39 is 5.97 Å². The zero-order valence-electron chi connectivity index (χ0n) is 4.74. The standard InChI is InChI=1S/C4H7N3O2/c5-7-2-1-6-3-4(8)9/h3,5H,1-2H2,(H,8,9). The quantitative estimate of drug-likeness (QED) is 0.322. The average molecular weight is 129 g/mol. The molecule has 0 bridgehead atoms. The van der Waals surface area contributed by atoms with Gasteiger partial charge in [0.15, 0.2) is 0 Å². The highest BCUT2D eigenvalue weighted by atomic mass is 16.4. The fraction of sp³-hybridized carbons (Fsp3) is 0.500. The van der Waals surface area contributed by atoms with Crippen molar-refractivity contribution in [3.05, 3.63) is 0 Å². The number of aliphatic carboxylic acids is 1. The van der Waals surface area contributed by atoms with E-state index in [-0.39, 0.29) is 13.1 Å².